The highest BCUT2D eigenvalue weighted by Crippen LogP contribution is 2.20. The molecular weight excluding hydrogens is 292 g/mol. The maximum atomic E-state index is 12.0. The second kappa shape index (κ2) is 6.84. The topological polar surface area (TPSA) is 88.4 Å². The number of halogens is 1. The quantitative estimate of drug-likeness (QED) is 0.795. The van der Waals surface area contributed by atoms with Crippen LogP contribution in [0.25, 0.3) is 0 Å². The first-order valence-electron chi connectivity index (χ1n) is 5.19. The number of hydrogen-bond donors (Lipinski definition) is 1. The number of sulfonamides is 1. The van der Waals surface area contributed by atoms with Crippen molar-refractivity contribution in [2.24, 2.45) is 0 Å². The summed E-state index contributed by atoms with van der Waals surface area (Å²) in [5.74, 6) is 0. The van der Waals surface area contributed by atoms with Crippen LogP contribution in [0.3, 0.4) is 0 Å². The van der Waals surface area contributed by atoms with Crippen LogP contribution in [-0.4, -0.2) is 35.5 Å². The molecule has 0 saturated heterocycles. The molecule has 0 radical (unpaired) electrons. The average molecular weight is 305 g/mol. The van der Waals surface area contributed by atoms with E-state index in [2.05, 4.69) is 4.72 Å². The van der Waals surface area contributed by atoms with Crippen molar-refractivity contribution in [2.45, 2.75) is 11.2 Å². The molecule has 0 spiro atoms. The van der Waals surface area contributed by atoms with E-state index in [9.17, 15) is 8.42 Å². The Morgan fingerprint density at radius 1 is 1.42 bits per heavy atom. The van der Waals surface area contributed by atoms with Crippen LogP contribution in [0.15, 0.2) is 23.1 Å². The monoisotopic (exact) mass is 304 g/mol. The minimum Gasteiger partial charge on any atom is -0.355 e. The lowest BCUT2D eigenvalue weighted by Gasteiger charge is -2.14. The Labute approximate surface area is 116 Å². The van der Waals surface area contributed by atoms with E-state index in [-0.39, 0.29) is 22.0 Å². The first kappa shape index (κ1) is 15.9. The number of nitrogens with zero attached hydrogens (tertiary/aromatic N) is 1. The van der Waals surface area contributed by atoms with Crippen LogP contribution >= 0.6 is 11.6 Å². The number of methoxy groups -OCH3 is 2. The third-order valence-corrected chi connectivity index (χ3v) is 4.07. The fourth-order valence-corrected chi connectivity index (χ4v) is 2.61. The SMILES string of the molecule is COC(CNS(=O)(=O)c1ccc(C#N)c(Cl)c1)OC. The van der Waals surface area contributed by atoms with Crippen LogP contribution in [0.1, 0.15) is 5.56 Å². The van der Waals surface area contributed by atoms with Gasteiger partial charge in [0, 0.05) is 14.2 Å². The lowest BCUT2D eigenvalue weighted by molar-refractivity contribution is -0.0960. The van der Waals surface area contributed by atoms with E-state index in [0.29, 0.717) is 0 Å². The molecule has 1 rings (SSSR count). The Kier molecular flexibility index (Phi) is 5.72. The Balaban J connectivity index is 2.89. The zero-order chi connectivity index (χ0) is 14.5. The summed E-state index contributed by atoms with van der Waals surface area (Å²) in [5, 5.41) is 8.80. The Morgan fingerprint density at radius 3 is 2.53 bits per heavy atom. The zero-order valence-corrected chi connectivity index (χ0v) is 12.0. The number of rotatable bonds is 6. The van der Waals surface area contributed by atoms with Crippen molar-refractivity contribution in [1.82, 2.24) is 4.72 Å². The molecular formula is C11H13ClN2O4S. The van der Waals surface area contributed by atoms with Gasteiger partial charge in [0.2, 0.25) is 10.0 Å². The lowest BCUT2D eigenvalue weighted by atomic mass is 10.2. The van der Waals surface area contributed by atoms with E-state index in [0.717, 1.165) is 0 Å². The molecule has 8 heteroatoms. The first-order chi connectivity index (χ1) is 8.94. The number of nitrogens with one attached hydrogen (secondary N) is 1. The lowest BCUT2D eigenvalue weighted by Crippen LogP contribution is -2.34. The van der Waals surface area contributed by atoms with Crippen LogP contribution in [0, 0.1) is 11.3 Å². The highest BCUT2D eigenvalue weighted by atomic mass is 35.5. The smallest absolute Gasteiger partial charge is 0.240 e. The molecule has 0 aliphatic carbocycles. The fraction of sp³-hybridized carbons (Fsp3) is 0.364. The molecule has 0 fully saturated rings. The standard InChI is InChI=1S/C11H13ClN2O4S/c1-17-11(18-2)7-14-19(15,16)9-4-3-8(6-13)10(12)5-9/h3-5,11,14H,7H2,1-2H3. The van der Waals surface area contributed by atoms with Crippen molar-refractivity contribution in [3.63, 3.8) is 0 Å². The van der Waals surface area contributed by atoms with Gasteiger partial charge in [0.25, 0.3) is 0 Å². The van der Waals surface area contributed by atoms with Crippen LogP contribution in [0.2, 0.25) is 5.02 Å². The Hall–Kier alpha value is -1.17. The predicted molar refractivity (Wildman–Crippen MR) is 69.2 cm³/mol. The Morgan fingerprint density at radius 2 is 2.05 bits per heavy atom. The molecule has 0 amide bonds. The molecule has 0 heterocycles. The number of ether oxygens (including phenoxy) is 2. The van der Waals surface area contributed by atoms with Crippen molar-refractivity contribution in [2.75, 3.05) is 20.8 Å². The van der Waals surface area contributed by atoms with Gasteiger partial charge >= 0.3 is 0 Å². The maximum Gasteiger partial charge on any atom is 0.240 e. The van der Waals surface area contributed by atoms with Crippen molar-refractivity contribution < 1.29 is 17.9 Å². The second-order valence-corrected chi connectivity index (χ2v) is 5.68. The van der Waals surface area contributed by atoms with Gasteiger partial charge in [-0.15, -0.1) is 0 Å². The minimum absolute atomic E-state index is 0.0255. The molecule has 0 saturated carbocycles. The van der Waals surface area contributed by atoms with Crippen LogP contribution in [0.4, 0.5) is 0 Å². The third-order valence-electron chi connectivity index (χ3n) is 2.34. The largest absolute Gasteiger partial charge is 0.355 e. The van der Waals surface area contributed by atoms with Gasteiger partial charge < -0.3 is 9.47 Å². The molecule has 0 aliphatic heterocycles. The molecule has 104 valence electrons. The normalized spacial score (nSPS) is 11.5. The summed E-state index contributed by atoms with van der Waals surface area (Å²) in [5.41, 5.74) is 0.215. The minimum atomic E-state index is -3.73. The molecule has 19 heavy (non-hydrogen) atoms. The number of nitriles is 1. The maximum absolute atomic E-state index is 12.0. The van der Waals surface area contributed by atoms with Crippen molar-refractivity contribution in [3.8, 4) is 6.07 Å². The van der Waals surface area contributed by atoms with Gasteiger partial charge in [-0.25, -0.2) is 13.1 Å². The molecule has 0 atom stereocenters. The van der Waals surface area contributed by atoms with Gasteiger partial charge in [-0.1, -0.05) is 11.6 Å². The van der Waals surface area contributed by atoms with E-state index >= 15 is 0 Å². The average Bonchev–Trinajstić information content (AvgIpc) is 2.39. The second-order valence-electron chi connectivity index (χ2n) is 3.51. The van der Waals surface area contributed by atoms with Gasteiger partial charge in [0.05, 0.1) is 22.0 Å². The van der Waals surface area contributed by atoms with E-state index in [1.807, 2.05) is 6.07 Å². The van der Waals surface area contributed by atoms with Gasteiger partial charge in [-0.2, -0.15) is 5.26 Å². The van der Waals surface area contributed by atoms with E-state index in [1.54, 1.807) is 0 Å². The van der Waals surface area contributed by atoms with E-state index < -0.39 is 16.3 Å². The highest BCUT2D eigenvalue weighted by molar-refractivity contribution is 7.89. The molecule has 1 aromatic rings. The molecule has 0 unspecified atom stereocenters. The number of hydrogen-bond acceptors (Lipinski definition) is 5. The summed E-state index contributed by atoms with van der Waals surface area (Å²) in [6, 6.07) is 5.73. The van der Waals surface area contributed by atoms with Crippen LogP contribution in [0.5, 0.6) is 0 Å². The summed E-state index contributed by atoms with van der Waals surface area (Å²) < 4.78 is 36.0. The summed E-state index contributed by atoms with van der Waals surface area (Å²) in [4.78, 5) is -0.0255. The van der Waals surface area contributed by atoms with Gasteiger partial charge in [0.15, 0.2) is 6.29 Å². The summed E-state index contributed by atoms with van der Waals surface area (Å²) in [7, 11) is -0.919. The zero-order valence-electron chi connectivity index (χ0n) is 10.4. The summed E-state index contributed by atoms with van der Waals surface area (Å²) in [6.45, 7) is -0.0348. The molecule has 1 aromatic carbocycles. The molecule has 6 nitrogen and oxygen atoms in total. The molecule has 0 aromatic heterocycles. The summed E-state index contributed by atoms with van der Waals surface area (Å²) >= 11 is 5.79. The third kappa shape index (κ3) is 4.16. The molecule has 1 N–H and O–H groups in total. The molecule has 0 bridgehead atoms. The predicted octanol–water partition coefficient (Wildman–Crippen LogP) is 1.11. The van der Waals surface area contributed by atoms with Gasteiger partial charge in [-0.05, 0) is 18.2 Å². The van der Waals surface area contributed by atoms with E-state index in [1.165, 1.54) is 32.4 Å². The van der Waals surface area contributed by atoms with Crippen LogP contribution in [-0.2, 0) is 19.5 Å². The van der Waals surface area contributed by atoms with Gasteiger partial charge in [0.1, 0.15) is 6.07 Å². The summed E-state index contributed by atoms with van der Waals surface area (Å²) in [6.07, 6.45) is -0.677. The van der Waals surface area contributed by atoms with Crippen molar-refractivity contribution >= 4 is 21.6 Å². The van der Waals surface area contributed by atoms with Crippen LogP contribution < -0.4 is 4.72 Å². The van der Waals surface area contributed by atoms with Crippen molar-refractivity contribution in [3.05, 3.63) is 28.8 Å². The van der Waals surface area contributed by atoms with Gasteiger partial charge in [-0.3, -0.25) is 0 Å². The highest BCUT2D eigenvalue weighted by Gasteiger charge is 2.17. The van der Waals surface area contributed by atoms with E-state index in [4.69, 9.17) is 26.3 Å². The number of benzene rings is 1. The van der Waals surface area contributed by atoms with Crippen molar-refractivity contribution in [1.29, 1.82) is 5.26 Å². The Bertz CT molecular complexity index is 579. The fourth-order valence-electron chi connectivity index (χ4n) is 1.28. The first-order valence-corrected chi connectivity index (χ1v) is 7.05. The molecule has 0 aliphatic rings.